The Hall–Kier alpha value is -1.67. The molecule has 0 bridgehead atoms. The largest absolute Gasteiger partial charge is 0.464 e. The summed E-state index contributed by atoms with van der Waals surface area (Å²) in [7, 11) is 1.31. The molecule has 2 heterocycles. The molecule has 2 atom stereocenters. The van der Waals surface area contributed by atoms with E-state index in [9.17, 15) is 9.59 Å². The molecule has 8 heteroatoms. The lowest BCUT2D eigenvalue weighted by molar-refractivity contribution is -0.156. The number of rotatable bonds is 3. The molecule has 1 aliphatic rings. The van der Waals surface area contributed by atoms with Gasteiger partial charge in [0, 0.05) is 11.8 Å². The molecule has 0 N–H and O–H groups in total. The van der Waals surface area contributed by atoms with Gasteiger partial charge in [-0.3, -0.25) is 4.84 Å². The highest BCUT2D eigenvalue weighted by atomic mass is 32.1. The first-order valence-electron chi connectivity index (χ1n) is 7.85. The predicted molar refractivity (Wildman–Crippen MR) is 88.6 cm³/mol. The molecular formula is C16H24N2O5S. The maximum Gasteiger partial charge on any atom is 0.434 e. The summed E-state index contributed by atoms with van der Waals surface area (Å²) in [5.41, 5.74) is -0.350. The molecule has 0 spiro atoms. The summed E-state index contributed by atoms with van der Waals surface area (Å²) in [6, 6.07) is -0.115. The summed E-state index contributed by atoms with van der Waals surface area (Å²) < 4.78 is 10.1. The summed E-state index contributed by atoms with van der Waals surface area (Å²) in [6.45, 7) is 9.48. The first-order valence-corrected chi connectivity index (χ1v) is 8.73. The number of thiazole rings is 1. The number of hydrogen-bond donors (Lipinski definition) is 0. The normalized spacial score (nSPS) is 21.2. The molecule has 0 saturated carbocycles. The molecule has 1 unspecified atom stereocenters. The number of esters is 1. The first kappa shape index (κ1) is 18.7. The van der Waals surface area contributed by atoms with Crippen LogP contribution in [0.1, 0.15) is 62.6 Å². The molecule has 2 rings (SSSR count). The van der Waals surface area contributed by atoms with Crippen molar-refractivity contribution in [2.45, 2.75) is 58.8 Å². The van der Waals surface area contributed by atoms with Gasteiger partial charge in [-0.1, -0.05) is 13.8 Å². The van der Waals surface area contributed by atoms with Gasteiger partial charge < -0.3 is 9.47 Å². The second-order valence-electron chi connectivity index (χ2n) is 7.01. The minimum atomic E-state index is -0.598. The van der Waals surface area contributed by atoms with Crippen LogP contribution in [0.25, 0.3) is 0 Å². The van der Waals surface area contributed by atoms with Gasteiger partial charge in [0.2, 0.25) is 0 Å². The van der Waals surface area contributed by atoms with Crippen LogP contribution in [0, 0.1) is 5.92 Å². The predicted octanol–water partition coefficient (Wildman–Crippen LogP) is 3.57. The Kier molecular flexibility index (Phi) is 5.49. The van der Waals surface area contributed by atoms with Crippen molar-refractivity contribution in [1.29, 1.82) is 0 Å². The summed E-state index contributed by atoms with van der Waals surface area (Å²) in [5, 5.41) is 3.58. The molecular weight excluding hydrogens is 332 g/mol. The zero-order chi connectivity index (χ0) is 18.1. The molecule has 1 aromatic heterocycles. The van der Waals surface area contributed by atoms with Crippen LogP contribution in [-0.4, -0.2) is 40.9 Å². The molecule has 1 aromatic rings. The zero-order valence-electron chi connectivity index (χ0n) is 14.9. The molecule has 134 valence electrons. The van der Waals surface area contributed by atoms with Gasteiger partial charge in [0.15, 0.2) is 5.69 Å². The van der Waals surface area contributed by atoms with Crippen LogP contribution in [0.15, 0.2) is 5.38 Å². The van der Waals surface area contributed by atoms with E-state index in [4.69, 9.17) is 9.57 Å². The second kappa shape index (κ2) is 7.06. The van der Waals surface area contributed by atoms with Crippen molar-refractivity contribution in [3.8, 4) is 0 Å². The Morgan fingerprint density at radius 1 is 1.42 bits per heavy atom. The summed E-state index contributed by atoms with van der Waals surface area (Å²) in [4.78, 5) is 34.0. The van der Waals surface area contributed by atoms with Crippen molar-refractivity contribution in [2.75, 3.05) is 7.11 Å². The Morgan fingerprint density at radius 2 is 2.08 bits per heavy atom. The molecule has 0 aromatic carbocycles. The fourth-order valence-corrected chi connectivity index (χ4v) is 3.20. The molecule has 7 nitrogen and oxygen atoms in total. The van der Waals surface area contributed by atoms with Crippen LogP contribution in [-0.2, 0) is 14.3 Å². The molecule has 1 aliphatic heterocycles. The summed E-state index contributed by atoms with van der Waals surface area (Å²) >= 11 is 1.32. The van der Waals surface area contributed by atoms with E-state index in [2.05, 4.69) is 9.72 Å². The van der Waals surface area contributed by atoms with Crippen molar-refractivity contribution in [3.05, 3.63) is 16.1 Å². The number of aromatic nitrogens is 1. The van der Waals surface area contributed by atoms with Gasteiger partial charge in [0.25, 0.3) is 0 Å². The molecule has 1 saturated heterocycles. The van der Waals surface area contributed by atoms with Crippen molar-refractivity contribution < 1.29 is 23.9 Å². The molecule has 24 heavy (non-hydrogen) atoms. The Labute approximate surface area is 145 Å². The lowest BCUT2D eigenvalue weighted by atomic mass is 9.99. The van der Waals surface area contributed by atoms with E-state index in [-0.39, 0.29) is 23.8 Å². The lowest BCUT2D eigenvalue weighted by Crippen LogP contribution is -2.41. The quantitative estimate of drug-likeness (QED) is 0.771. The fraction of sp³-hybridized carbons (Fsp3) is 0.688. The van der Waals surface area contributed by atoms with Crippen LogP contribution < -0.4 is 0 Å². The smallest absolute Gasteiger partial charge is 0.434 e. The number of amides is 1. The van der Waals surface area contributed by atoms with Crippen LogP contribution >= 0.6 is 11.3 Å². The maximum absolute atomic E-state index is 12.4. The van der Waals surface area contributed by atoms with Gasteiger partial charge in [-0.05, 0) is 26.7 Å². The summed E-state index contributed by atoms with van der Waals surface area (Å²) in [5.74, 6) is -0.289. The number of hydroxylamine groups is 2. The van der Waals surface area contributed by atoms with E-state index in [1.54, 1.807) is 5.38 Å². The van der Waals surface area contributed by atoms with E-state index in [0.29, 0.717) is 11.4 Å². The number of hydrogen-bond acceptors (Lipinski definition) is 7. The second-order valence-corrected chi connectivity index (χ2v) is 7.90. The van der Waals surface area contributed by atoms with Gasteiger partial charge in [0.05, 0.1) is 13.2 Å². The van der Waals surface area contributed by atoms with Gasteiger partial charge in [-0.2, -0.15) is 5.06 Å². The molecule has 0 aliphatic carbocycles. The summed E-state index contributed by atoms with van der Waals surface area (Å²) in [6.07, 6.45) is -0.285. The number of carbonyl (C=O) groups excluding carboxylic acids is 2. The fourth-order valence-electron chi connectivity index (χ4n) is 2.38. The Balaban J connectivity index is 2.16. The zero-order valence-corrected chi connectivity index (χ0v) is 15.7. The highest BCUT2D eigenvalue weighted by Crippen LogP contribution is 2.38. The van der Waals surface area contributed by atoms with E-state index in [0.717, 1.165) is 0 Å². The molecule has 0 radical (unpaired) electrons. The van der Waals surface area contributed by atoms with E-state index in [1.165, 1.54) is 23.5 Å². The highest BCUT2D eigenvalue weighted by molar-refractivity contribution is 7.09. The third-order valence-electron chi connectivity index (χ3n) is 3.53. The van der Waals surface area contributed by atoms with Gasteiger partial charge in [-0.25, -0.2) is 14.6 Å². The first-order chi connectivity index (χ1) is 11.1. The number of carbonyl (C=O) groups is 2. The van der Waals surface area contributed by atoms with Gasteiger partial charge >= 0.3 is 12.1 Å². The third kappa shape index (κ3) is 4.24. The van der Waals surface area contributed by atoms with Crippen LogP contribution in [0.5, 0.6) is 0 Å². The van der Waals surface area contributed by atoms with E-state index < -0.39 is 17.7 Å². The monoisotopic (exact) mass is 356 g/mol. The van der Waals surface area contributed by atoms with Crippen molar-refractivity contribution in [3.63, 3.8) is 0 Å². The van der Waals surface area contributed by atoms with E-state index in [1.807, 2.05) is 34.6 Å². The Morgan fingerprint density at radius 3 is 2.62 bits per heavy atom. The topological polar surface area (TPSA) is 78.0 Å². The number of nitrogens with zero attached hydrogens (tertiary/aromatic N) is 2. The lowest BCUT2D eigenvalue weighted by Gasteiger charge is -2.28. The minimum Gasteiger partial charge on any atom is -0.464 e. The van der Waals surface area contributed by atoms with Crippen molar-refractivity contribution in [1.82, 2.24) is 10.0 Å². The SMILES string of the molecule is COC(=O)c1csc([C@H]2CC(C(C)C)N(C(=O)OC(C)(C)C)O2)n1. The third-order valence-corrected chi connectivity index (χ3v) is 4.47. The van der Waals surface area contributed by atoms with Crippen molar-refractivity contribution in [2.24, 2.45) is 5.92 Å². The van der Waals surface area contributed by atoms with Gasteiger partial charge in [-0.15, -0.1) is 11.3 Å². The molecule has 1 fully saturated rings. The molecule has 1 amide bonds. The standard InChI is InChI=1S/C16H24N2O5S/c1-9(2)11-7-12(13-17-10(8-24-13)14(19)21-6)23-18(11)15(20)22-16(3,4)5/h8-9,11-12H,7H2,1-6H3/t11?,12-/m1/s1. The highest BCUT2D eigenvalue weighted by Gasteiger charge is 2.42. The Bertz CT molecular complexity index is 608. The average molecular weight is 356 g/mol. The minimum absolute atomic E-state index is 0.115. The average Bonchev–Trinajstić information content (AvgIpc) is 3.11. The van der Waals surface area contributed by atoms with Crippen LogP contribution in [0.2, 0.25) is 0 Å². The number of methoxy groups -OCH3 is 1. The van der Waals surface area contributed by atoms with Gasteiger partial charge in [0.1, 0.15) is 16.7 Å². The van der Waals surface area contributed by atoms with Crippen LogP contribution in [0.3, 0.4) is 0 Å². The van der Waals surface area contributed by atoms with Crippen LogP contribution in [0.4, 0.5) is 4.79 Å². The maximum atomic E-state index is 12.4. The number of ether oxygens (including phenoxy) is 2. The van der Waals surface area contributed by atoms with E-state index >= 15 is 0 Å². The van der Waals surface area contributed by atoms with Crippen molar-refractivity contribution >= 4 is 23.4 Å².